The van der Waals surface area contributed by atoms with E-state index in [9.17, 15) is 4.79 Å². The summed E-state index contributed by atoms with van der Waals surface area (Å²) in [5, 5.41) is 4.05. The lowest BCUT2D eigenvalue weighted by molar-refractivity contribution is -0.143. The van der Waals surface area contributed by atoms with Crippen LogP contribution in [-0.2, 0) is 14.3 Å². The standard InChI is InChI=1S/C17H23N3O4/c1-10-8-20(17(21)13-4-3-7-22-11(13)2)9-14(23-10)16-18-15(19-24-16)12-5-6-12/h10,12,14H,3-9H2,1-2H3/t10-,14-/m1/s1. The van der Waals surface area contributed by atoms with E-state index >= 15 is 0 Å². The average molecular weight is 333 g/mol. The highest BCUT2D eigenvalue weighted by Gasteiger charge is 2.36. The van der Waals surface area contributed by atoms with Gasteiger partial charge in [0.2, 0.25) is 0 Å². The average Bonchev–Trinajstić information content (AvgIpc) is 3.31. The number of hydrogen-bond donors (Lipinski definition) is 0. The van der Waals surface area contributed by atoms with Crippen LogP contribution in [0, 0.1) is 0 Å². The molecule has 4 rings (SSSR count). The van der Waals surface area contributed by atoms with E-state index in [4.69, 9.17) is 14.0 Å². The van der Waals surface area contributed by atoms with Crippen molar-refractivity contribution in [2.75, 3.05) is 19.7 Å². The van der Waals surface area contributed by atoms with Crippen molar-refractivity contribution in [3.05, 3.63) is 23.0 Å². The lowest BCUT2D eigenvalue weighted by Crippen LogP contribution is -2.47. The Kier molecular flexibility index (Phi) is 4.04. The number of aromatic nitrogens is 2. The summed E-state index contributed by atoms with van der Waals surface area (Å²) < 4.78 is 16.9. The molecule has 3 heterocycles. The molecule has 2 fully saturated rings. The van der Waals surface area contributed by atoms with Gasteiger partial charge in [0, 0.05) is 12.5 Å². The summed E-state index contributed by atoms with van der Waals surface area (Å²) in [6, 6.07) is 0. The molecular formula is C17H23N3O4. The zero-order valence-electron chi connectivity index (χ0n) is 14.2. The van der Waals surface area contributed by atoms with E-state index in [1.165, 1.54) is 0 Å². The summed E-state index contributed by atoms with van der Waals surface area (Å²) in [7, 11) is 0. The topological polar surface area (TPSA) is 77.7 Å². The molecule has 1 aromatic rings. The molecule has 0 N–H and O–H groups in total. The largest absolute Gasteiger partial charge is 0.498 e. The van der Waals surface area contributed by atoms with E-state index in [-0.39, 0.29) is 18.1 Å². The molecule has 1 saturated heterocycles. The van der Waals surface area contributed by atoms with Gasteiger partial charge in [0.25, 0.3) is 11.8 Å². The minimum Gasteiger partial charge on any atom is -0.498 e. The Morgan fingerprint density at radius 3 is 2.88 bits per heavy atom. The van der Waals surface area contributed by atoms with Gasteiger partial charge in [0.05, 0.1) is 24.8 Å². The lowest BCUT2D eigenvalue weighted by Gasteiger charge is -2.36. The second kappa shape index (κ2) is 6.20. The first-order valence-corrected chi connectivity index (χ1v) is 8.72. The summed E-state index contributed by atoms with van der Waals surface area (Å²) in [4.78, 5) is 19.2. The van der Waals surface area contributed by atoms with E-state index < -0.39 is 0 Å². The van der Waals surface area contributed by atoms with Crippen LogP contribution in [0.3, 0.4) is 0 Å². The molecule has 1 saturated carbocycles. The third kappa shape index (κ3) is 3.05. The summed E-state index contributed by atoms with van der Waals surface area (Å²) in [5.41, 5.74) is 0.776. The zero-order valence-corrected chi connectivity index (χ0v) is 14.2. The van der Waals surface area contributed by atoms with Gasteiger partial charge in [-0.25, -0.2) is 0 Å². The first-order valence-electron chi connectivity index (χ1n) is 8.72. The number of carbonyl (C=O) groups is 1. The van der Waals surface area contributed by atoms with Gasteiger partial charge in [-0.05, 0) is 39.5 Å². The summed E-state index contributed by atoms with van der Waals surface area (Å²) >= 11 is 0. The number of amides is 1. The molecule has 130 valence electrons. The molecule has 24 heavy (non-hydrogen) atoms. The van der Waals surface area contributed by atoms with Crippen molar-refractivity contribution in [1.82, 2.24) is 15.0 Å². The Bertz CT molecular complexity index is 665. The maximum absolute atomic E-state index is 12.9. The van der Waals surface area contributed by atoms with Crippen molar-refractivity contribution in [1.29, 1.82) is 0 Å². The number of nitrogens with zero attached hydrogens (tertiary/aromatic N) is 3. The molecule has 0 radical (unpaired) electrons. The van der Waals surface area contributed by atoms with Crippen molar-refractivity contribution in [2.24, 2.45) is 0 Å². The van der Waals surface area contributed by atoms with E-state index in [1.807, 2.05) is 18.7 Å². The van der Waals surface area contributed by atoms with Gasteiger partial charge < -0.3 is 18.9 Å². The second-order valence-corrected chi connectivity index (χ2v) is 6.90. The van der Waals surface area contributed by atoms with Gasteiger partial charge in [0.15, 0.2) is 11.9 Å². The SMILES string of the molecule is CC1=C(C(=O)N2C[C@@H](C)O[C@@H](c3nc(C4CC4)no3)C2)CCCO1. The van der Waals surface area contributed by atoms with Crippen LogP contribution in [0.5, 0.6) is 0 Å². The zero-order chi connectivity index (χ0) is 16.7. The summed E-state index contributed by atoms with van der Waals surface area (Å²) in [5.74, 6) is 2.47. The molecule has 0 bridgehead atoms. The van der Waals surface area contributed by atoms with Crippen molar-refractivity contribution >= 4 is 5.91 Å². The molecular weight excluding hydrogens is 310 g/mol. The van der Waals surface area contributed by atoms with Crippen LogP contribution < -0.4 is 0 Å². The quantitative estimate of drug-likeness (QED) is 0.845. The molecule has 0 aromatic carbocycles. The first kappa shape index (κ1) is 15.6. The minimum absolute atomic E-state index is 0.0364. The highest BCUT2D eigenvalue weighted by Crippen LogP contribution is 2.39. The normalized spacial score (nSPS) is 28.0. The maximum atomic E-state index is 12.9. The molecule has 2 atom stereocenters. The van der Waals surface area contributed by atoms with Gasteiger partial charge in [-0.3, -0.25) is 4.79 Å². The van der Waals surface area contributed by atoms with Gasteiger partial charge >= 0.3 is 0 Å². The summed E-state index contributed by atoms with van der Waals surface area (Å²) in [6.45, 7) is 5.52. The fraction of sp³-hybridized carbons (Fsp3) is 0.706. The van der Waals surface area contributed by atoms with Crippen molar-refractivity contribution < 1.29 is 18.8 Å². The number of morpholine rings is 1. The molecule has 0 spiro atoms. The minimum atomic E-state index is -0.358. The Labute approximate surface area is 141 Å². The van der Waals surface area contributed by atoms with E-state index in [0.717, 1.165) is 42.8 Å². The van der Waals surface area contributed by atoms with Crippen molar-refractivity contribution in [2.45, 2.75) is 57.7 Å². The highest BCUT2D eigenvalue weighted by atomic mass is 16.5. The van der Waals surface area contributed by atoms with Gasteiger partial charge in [0.1, 0.15) is 5.76 Å². The predicted octanol–water partition coefficient (Wildman–Crippen LogP) is 2.32. The smallest absolute Gasteiger partial charge is 0.257 e. The molecule has 2 aliphatic heterocycles. The van der Waals surface area contributed by atoms with Crippen LogP contribution in [0.2, 0.25) is 0 Å². The highest BCUT2D eigenvalue weighted by molar-refractivity contribution is 5.94. The molecule has 0 unspecified atom stereocenters. The fourth-order valence-electron chi connectivity index (χ4n) is 3.32. The molecule has 3 aliphatic rings. The number of ether oxygens (including phenoxy) is 2. The lowest BCUT2D eigenvalue weighted by atomic mass is 10.0. The van der Waals surface area contributed by atoms with Gasteiger partial charge in [-0.15, -0.1) is 0 Å². The van der Waals surface area contributed by atoms with Crippen LogP contribution in [0.4, 0.5) is 0 Å². The Balaban J connectivity index is 1.50. The fourth-order valence-corrected chi connectivity index (χ4v) is 3.32. The number of hydrogen-bond acceptors (Lipinski definition) is 6. The van der Waals surface area contributed by atoms with Gasteiger partial charge in [-0.1, -0.05) is 5.16 Å². The third-order valence-corrected chi connectivity index (χ3v) is 4.80. The molecule has 1 aromatic heterocycles. The third-order valence-electron chi connectivity index (χ3n) is 4.80. The van der Waals surface area contributed by atoms with Crippen LogP contribution in [0.25, 0.3) is 0 Å². The second-order valence-electron chi connectivity index (χ2n) is 6.90. The van der Waals surface area contributed by atoms with Crippen LogP contribution in [-0.4, -0.2) is 46.7 Å². The predicted molar refractivity (Wildman–Crippen MR) is 84.0 cm³/mol. The van der Waals surface area contributed by atoms with Crippen molar-refractivity contribution in [3.63, 3.8) is 0 Å². The van der Waals surface area contributed by atoms with E-state index in [2.05, 4.69) is 10.1 Å². The van der Waals surface area contributed by atoms with Crippen LogP contribution >= 0.6 is 0 Å². The first-order chi connectivity index (χ1) is 11.6. The van der Waals surface area contributed by atoms with Crippen LogP contribution in [0.15, 0.2) is 15.9 Å². The monoisotopic (exact) mass is 333 g/mol. The molecule has 7 nitrogen and oxygen atoms in total. The number of carbonyl (C=O) groups excluding carboxylic acids is 1. The number of allylic oxidation sites excluding steroid dienone is 1. The van der Waals surface area contributed by atoms with Crippen molar-refractivity contribution in [3.8, 4) is 0 Å². The summed E-state index contributed by atoms with van der Waals surface area (Å²) in [6.07, 6.45) is 3.47. The maximum Gasteiger partial charge on any atom is 0.257 e. The Morgan fingerprint density at radius 2 is 2.12 bits per heavy atom. The number of rotatable bonds is 3. The molecule has 1 amide bonds. The molecule has 7 heteroatoms. The molecule has 1 aliphatic carbocycles. The van der Waals surface area contributed by atoms with E-state index in [0.29, 0.717) is 31.5 Å². The van der Waals surface area contributed by atoms with Gasteiger partial charge in [-0.2, -0.15) is 4.98 Å². The van der Waals surface area contributed by atoms with E-state index in [1.54, 1.807) is 0 Å². The van der Waals surface area contributed by atoms with Crippen LogP contribution in [0.1, 0.15) is 63.3 Å². The Morgan fingerprint density at radius 1 is 1.29 bits per heavy atom. The Hall–Kier alpha value is -1.89.